The zero-order chi connectivity index (χ0) is 9.59. The second-order valence-electron chi connectivity index (χ2n) is 3.26. The minimum atomic E-state index is -0.0180. The highest BCUT2D eigenvalue weighted by molar-refractivity contribution is 5.40. The van der Waals surface area contributed by atoms with Crippen LogP contribution in [0.25, 0.3) is 5.65 Å². The SMILES string of the molecule is Cc1cc2nc(C)c(C)c(=O)n2[nH]1. The molecule has 0 aliphatic rings. The van der Waals surface area contributed by atoms with Crippen molar-refractivity contribution in [2.75, 3.05) is 0 Å². The van der Waals surface area contributed by atoms with Gasteiger partial charge in [0.1, 0.15) is 0 Å². The Morgan fingerprint density at radius 3 is 2.77 bits per heavy atom. The third-order valence-electron chi connectivity index (χ3n) is 2.21. The van der Waals surface area contributed by atoms with Gasteiger partial charge in [-0.3, -0.25) is 9.89 Å². The third-order valence-corrected chi connectivity index (χ3v) is 2.21. The number of aromatic amines is 1. The van der Waals surface area contributed by atoms with Gasteiger partial charge in [-0.1, -0.05) is 0 Å². The molecule has 2 aromatic heterocycles. The second-order valence-corrected chi connectivity index (χ2v) is 3.26. The summed E-state index contributed by atoms with van der Waals surface area (Å²) in [6, 6.07) is 1.86. The predicted molar refractivity (Wildman–Crippen MR) is 50.0 cm³/mol. The number of nitrogens with one attached hydrogen (secondary N) is 1. The summed E-state index contributed by atoms with van der Waals surface area (Å²) in [6.45, 7) is 5.53. The average Bonchev–Trinajstić information content (AvgIpc) is 2.42. The molecule has 4 nitrogen and oxygen atoms in total. The first-order chi connectivity index (χ1) is 6.09. The van der Waals surface area contributed by atoms with Crippen LogP contribution < -0.4 is 5.56 Å². The van der Waals surface area contributed by atoms with Crippen LogP contribution in [0.4, 0.5) is 0 Å². The van der Waals surface area contributed by atoms with Crippen LogP contribution in [0.1, 0.15) is 17.0 Å². The molecule has 0 unspecified atom stereocenters. The molecule has 2 aromatic rings. The average molecular weight is 177 g/mol. The molecule has 2 heterocycles. The van der Waals surface area contributed by atoms with Gasteiger partial charge in [-0.05, 0) is 20.8 Å². The maximum Gasteiger partial charge on any atom is 0.275 e. The van der Waals surface area contributed by atoms with Gasteiger partial charge in [-0.2, -0.15) is 0 Å². The molecule has 1 N–H and O–H groups in total. The van der Waals surface area contributed by atoms with Crippen molar-refractivity contribution < 1.29 is 0 Å². The fourth-order valence-corrected chi connectivity index (χ4v) is 1.34. The number of H-pyrrole nitrogens is 1. The Balaban J connectivity index is 3.01. The maximum atomic E-state index is 11.7. The monoisotopic (exact) mass is 177 g/mol. The normalized spacial score (nSPS) is 11.0. The summed E-state index contributed by atoms with van der Waals surface area (Å²) in [7, 11) is 0. The molecular weight excluding hydrogens is 166 g/mol. The maximum absolute atomic E-state index is 11.7. The lowest BCUT2D eigenvalue weighted by Crippen LogP contribution is -2.19. The van der Waals surface area contributed by atoms with Crippen LogP contribution in [0, 0.1) is 20.8 Å². The molecule has 13 heavy (non-hydrogen) atoms. The second kappa shape index (κ2) is 2.45. The van der Waals surface area contributed by atoms with Gasteiger partial charge in [-0.25, -0.2) is 9.50 Å². The highest BCUT2D eigenvalue weighted by Gasteiger charge is 2.06. The molecule has 0 saturated carbocycles. The number of hydrogen-bond donors (Lipinski definition) is 1. The molecule has 0 fully saturated rings. The number of rotatable bonds is 0. The van der Waals surface area contributed by atoms with Gasteiger partial charge in [0.2, 0.25) is 0 Å². The zero-order valence-corrected chi connectivity index (χ0v) is 7.88. The summed E-state index contributed by atoms with van der Waals surface area (Å²) in [6.07, 6.45) is 0. The van der Waals surface area contributed by atoms with E-state index in [0.717, 1.165) is 11.4 Å². The zero-order valence-electron chi connectivity index (χ0n) is 7.88. The highest BCUT2D eigenvalue weighted by Crippen LogP contribution is 2.03. The topological polar surface area (TPSA) is 50.2 Å². The first-order valence-electron chi connectivity index (χ1n) is 4.15. The van der Waals surface area contributed by atoms with Crippen molar-refractivity contribution in [1.82, 2.24) is 14.6 Å². The van der Waals surface area contributed by atoms with E-state index in [1.807, 2.05) is 19.9 Å². The third kappa shape index (κ3) is 1.06. The number of aryl methyl sites for hydroxylation is 2. The summed E-state index contributed by atoms with van der Waals surface area (Å²) in [5.74, 6) is 0. The summed E-state index contributed by atoms with van der Waals surface area (Å²) in [5.41, 5.74) is 3.10. The number of hydrogen-bond acceptors (Lipinski definition) is 2. The lowest BCUT2D eigenvalue weighted by molar-refractivity contribution is 0.859. The standard InChI is InChI=1S/C9H11N3O/c1-5-4-8-10-7(3)6(2)9(13)12(8)11-5/h4,11H,1-3H3. The summed E-state index contributed by atoms with van der Waals surface area (Å²) in [4.78, 5) is 15.9. The smallest absolute Gasteiger partial charge is 0.275 e. The molecule has 0 bridgehead atoms. The molecule has 0 spiro atoms. The molecule has 68 valence electrons. The van der Waals surface area contributed by atoms with E-state index in [9.17, 15) is 4.79 Å². The van der Waals surface area contributed by atoms with Crippen LogP contribution in [-0.2, 0) is 0 Å². The lowest BCUT2D eigenvalue weighted by atomic mass is 10.3. The van der Waals surface area contributed by atoms with Gasteiger partial charge >= 0.3 is 0 Å². The summed E-state index contributed by atoms with van der Waals surface area (Å²) in [5, 5.41) is 2.94. The van der Waals surface area contributed by atoms with Crippen molar-refractivity contribution in [3.8, 4) is 0 Å². The number of aromatic nitrogens is 3. The molecule has 0 saturated heterocycles. The molecule has 0 aromatic carbocycles. The quantitative estimate of drug-likeness (QED) is 0.651. The van der Waals surface area contributed by atoms with Crippen molar-refractivity contribution in [2.24, 2.45) is 0 Å². The Morgan fingerprint density at radius 1 is 1.38 bits per heavy atom. The Morgan fingerprint density at radius 2 is 2.08 bits per heavy atom. The predicted octanol–water partition coefficient (Wildman–Crippen LogP) is 0.948. The fourth-order valence-electron chi connectivity index (χ4n) is 1.34. The molecule has 0 aliphatic heterocycles. The van der Waals surface area contributed by atoms with Crippen molar-refractivity contribution in [1.29, 1.82) is 0 Å². The van der Waals surface area contributed by atoms with Gasteiger partial charge in [0.25, 0.3) is 5.56 Å². The first-order valence-corrected chi connectivity index (χ1v) is 4.15. The van der Waals surface area contributed by atoms with Crippen molar-refractivity contribution >= 4 is 5.65 Å². The lowest BCUT2D eigenvalue weighted by Gasteiger charge is -1.98. The molecule has 0 atom stereocenters. The van der Waals surface area contributed by atoms with Crippen LogP contribution in [0.3, 0.4) is 0 Å². The van der Waals surface area contributed by atoms with Gasteiger partial charge in [-0.15, -0.1) is 0 Å². The Kier molecular flexibility index (Phi) is 1.52. The van der Waals surface area contributed by atoms with Crippen LogP contribution in [0.5, 0.6) is 0 Å². The summed E-state index contributed by atoms with van der Waals surface area (Å²) >= 11 is 0. The van der Waals surface area contributed by atoms with E-state index in [4.69, 9.17) is 0 Å². The van der Waals surface area contributed by atoms with Crippen LogP contribution in [0.15, 0.2) is 10.9 Å². The van der Waals surface area contributed by atoms with E-state index >= 15 is 0 Å². The van der Waals surface area contributed by atoms with E-state index in [-0.39, 0.29) is 5.56 Å². The molecule has 0 radical (unpaired) electrons. The molecular formula is C9H11N3O. The Hall–Kier alpha value is -1.58. The van der Waals surface area contributed by atoms with E-state index in [2.05, 4.69) is 10.1 Å². The Labute approximate surface area is 75.2 Å². The number of nitrogens with zero attached hydrogens (tertiary/aromatic N) is 2. The largest absolute Gasteiger partial charge is 0.294 e. The van der Waals surface area contributed by atoms with Gasteiger partial charge in [0.15, 0.2) is 5.65 Å². The fraction of sp³-hybridized carbons (Fsp3) is 0.333. The van der Waals surface area contributed by atoms with E-state index in [1.165, 1.54) is 4.52 Å². The molecule has 0 aliphatic carbocycles. The number of fused-ring (bicyclic) bond motifs is 1. The van der Waals surface area contributed by atoms with E-state index in [1.54, 1.807) is 6.92 Å². The first kappa shape index (κ1) is 8.04. The minimum absolute atomic E-state index is 0.0180. The van der Waals surface area contributed by atoms with Crippen molar-refractivity contribution in [2.45, 2.75) is 20.8 Å². The van der Waals surface area contributed by atoms with Crippen LogP contribution in [-0.4, -0.2) is 14.6 Å². The molecule has 0 amide bonds. The minimum Gasteiger partial charge on any atom is -0.294 e. The van der Waals surface area contributed by atoms with Crippen LogP contribution >= 0.6 is 0 Å². The van der Waals surface area contributed by atoms with E-state index < -0.39 is 0 Å². The Bertz CT molecular complexity index is 521. The van der Waals surface area contributed by atoms with Crippen molar-refractivity contribution in [3.63, 3.8) is 0 Å². The van der Waals surface area contributed by atoms with Crippen molar-refractivity contribution in [3.05, 3.63) is 33.4 Å². The molecule has 4 heteroatoms. The molecule has 2 rings (SSSR count). The van der Waals surface area contributed by atoms with Gasteiger partial charge < -0.3 is 0 Å². The van der Waals surface area contributed by atoms with Crippen LogP contribution in [0.2, 0.25) is 0 Å². The summed E-state index contributed by atoms with van der Waals surface area (Å²) < 4.78 is 1.47. The van der Waals surface area contributed by atoms with Gasteiger partial charge in [0.05, 0.1) is 0 Å². The van der Waals surface area contributed by atoms with Gasteiger partial charge in [0, 0.05) is 23.0 Å². The van der Waals surface area contributed by atoms with E-state index in [0.29, 0.717) is 11.2 Å². The highest BCUT2D eigenvalue weighted by atomic mass is 16.1.